The molecule has 1 aromatic carbocycles. The van der Waals surface area contributed by atoms with Crippen molar-refractivity contribution in [2.75, 3.05) is 6.61 Å². The van der Waals surface area contributed by atoms with E-state index in [-0.39, 0.29) is 11.6 Å². The topological polar surface area (TPSA) is 105 Å². The van der Waals surface area contributed by atoms with Crippen LogP contribution in [-0.2, 0) is 9.16 Å². The van der Waals surface area contributed by atoms with Crippen molar-refractivity contribution in [2.24, 2.45) is 0 Å². The number of hydrogen-bond donors (Lipinski definition) is 3. The molecule has 27 heavy (non-hydrogen) atoms. The van der Waals surface area contributed by atoms with Gasteiger partial charge in [0.2, 0.25) is 6.29 Å². The molecule has 3 N–H and O–H groups in total. The van der Waals surface area contributed by atoms with Crippen LogP contribution in [0.3, 0.4) is 0 Å². The Labute approximate surface area is 161 Å². The third-order valence-corrected chi connectivity index (χ3v) is 9.85. The van der Waals surface area contributed by atoms with Crippen LogP contribution in [0.15, 0.2) is 24.3 Å². The van der Waals surface area contributed by atoms with Gasteiger partial charge in [-0.05, 0) is 42.4 Å². The van der Waals surface area contributed by atoms with Gasteiger partial charge in [0.25, 0.3) is 0 Å². The van der Waals surface area contributed by atoms with E-state index in [0.29, 0.717) is 17.6 Å². The zero-order valence-corrected chi connectivity index (χ0v) is 17.5. The van der Waals surface area contributed by atoms with Crippen molar-refractivity contribution in [2.45, 2.75) is 69.6 Å². The number of carbonyl (C=O) groups is 1. The summed E-state index contributed by atoms with van der Waals surface area (Å²) < 4.78 is 17.4. The Kier molecular flexibility index (Phi) is 6.83. The Hall–Kier alpha value is -1.29. The van der Waals surface area contributed by atoms with Crippen LogP contribution in [0.1, 0.15) is 31.1 Å². The molecule has 0 saturated carbocycles. The highest BCUT2D eigenvalue weighted by Gasteiger charge is 2.46. The summed E-state index contributed by atoms with van der Waals surface area (Å²) in [6, 6.07) is 6.28. The molecule has 0 unspecified atom stereocenters. The lowest BCUT2D eigenvalue weighted by Crippen LogP contribution is -2.61. The first-order chi connectivity index (χ1) is 12.5. The molecule has 152 valence electrons. The summed E-state index contributed by atoms with van der Waals surface area (Å²) in [6.45, 7) is 10.6. The molecule has 7 nitrogen and oxygen atoms in total. The lowest BCUT2D eigenvalue weighted by atomic mass is 9.99. The van der Waals surface area contributed by atoms with Gasteiger partial charge in [-0.3, -0.25) is 4.79 Å². The van der Waals surface area contributed by atoms with Crippen LogP contribution in [0.2, 0.25) is 18.1 Å². The molecule has 1 heterocycles. The first-order valence-corrected chi connectivity index (χ1v) is 11.9. The van der Waals surface area contributed by atoms with E-state index in [1.54, 1.807) is 24.3 Å². The normalized spacial score (nSPS) is 29.4. The lowest BCUT2D eigenvalue weighted by molar-refractivity contribution is -0.276. The van der Waals surface area contributed by atoms with Crippen LogP contribution in [0.4, 0.5) is 0 Å². The summed E-state index contributed by atoms with van der Waals surface area (Å²) in [5.41, 5.74) is 0.489. The van der Waals surface area contributed by atoms with E-state index in [9.17, 15) is 20.1 Å². The summed E-state index contributed by atoms with van der Waals surface area (Å²) in [7, 11) is -2.07. The number of aldehydes is 1. The maximum absolute atomic E-state index is 10.7. The van der Waals surface area contributed by atoms with Crippen LogP contribution in [0, 0.1) is 0 Å². The highest BCUT2D eigenvalue weighted by Crippen LogP contribution is 2.37. The van der Waals surface area contributed by atoms with Crippen molar-refractivity contribution in [3.8, 4) is 5.75 Å². The number of aliphatic hydroxyl groups excluding tert-OH is 3. The maximum Gasteiger partial charge on any atom is 0.229 e. The van der Waals surface area contributed by atoms with Crippen molar-refractivity contribution in [3.63, 3.8) is 0 Å². The van der Waals surface area contributed by atoms with E-state index in [1.807, 2.05) is 0 Å². The summed E-state index contributed by atoms with van der Waals surface area (Å²) >= 11 is 0. The van der Waals surface area contributed by atoms with Crippen molar-refractivity contribution >= 4 is 14.6 Å². The SMILES string of the molecule is CC(C)(C)[Si](C)(C)OC[C@H]1O[C@@H](Oc2ccc(C=O)cc2)[C@H](O)[C@H](O)[C@@H]1O. The zero-order chi connectivity index (χ0) is 20.4. The van der Waals surface area contributed by atoms with Crippen LogP contribution in [0.5, 0.6) is 5.75 Å². The van der Waals surface area contributed by atoms with Crippen molar-refractivity contribution in [1.29, 1.82) is 0 Å². The molecule has 5 atom stereocenters. The van der Waals surface area contributed by atoms with Gasteiger partial charge in [-0.25, -0.2) is 0 Å². The standard InChI is InChI=1S/C19H30O7Si/c1-19(2,3)27(4,5)24-11-14-15(21)16(22)17(23)18(26-14)25-13-8-6-12(10-20)7-9-13/h6-10,14-18,21-23H,11H2,1-5H3/t14-,15-,16-,17-,18-/m1/s1. The molecule has 1 aliphatic rings. The predicted molar refractivity (Wildman–Crippen MR) is 102 cm³/mol. The Morgan fingerprint density at radius 3 is 2.19 bits per heavy atom. The molecule has 0 aromatic heterocycles. The van der Waals surface area contributed by atoms with Gasteiger partial charge in [-0.1, -0.05) is 20.8 Å². The molecule has 0 amide bonds. The second kappa shape index (κ2) is 8.38. The number of ether oxygens (including phenoxy) is 2. The van der Waals surface area contributed by atoms with Gasteiger partial charge in [0, 0.05) is 5.56 Å². The minimum absolute atomic E-state index is 0.0129. The first kappa shape index (κ1) is 22.0. The summed E-state index contributed by atoms with van der Waals surface area (Å²) in [4.78, 5) is 10.7. The van der Waals surface area contributed by atoms with E-state index >= 15 is 0 Å². The van der Waals surface area contributed by atoms with Crippen LogP contribution in [0.25, 0.3) is 0 Å². The second-order valence-corrected chi connectivity index (χ2v) is 13.2. The van der Waals surface area contributed by atoms with Crippen molar-refractivity contribution in [1.82, 2.24) is 0 Å². The number of hydrogen-bond acceptors (Lipinski definition) is 7. The van der Waals surface area contributed by atoms with Crippen LogP contribution in [-0.4, -0.2) is 67.2 Å². The van der Waals surface area contributed by atoms with Crippen LogP contribution < -0.4 is 4.74 Å². The predicted octanol–water partition coefficient (Wildman–Crippen LogP) is 1.71. The molecular formula is C19H30O7Si. The molecule has 1 fully saturated rings. The van der Waals surface area contributed by atoms with Gasteiger partial charge in [-0.15, -0.1) is 0 Å². The molecule has 2 rings (SSSR count). The van der Waals surface area contributed by atoms with Gasteiger partial charge >= 0.3 is 0 Å². The fourth-order valence-corrected chi connectivity index (χ4v) is 3.43. The summed E-state index contributed by atoms with van der Waals surface area (Å²) in [5, 5.41) is 30.6. The molecule has 0 bridgehead atoms. The van der Waals surface area contributed by atoms with Gasteiger partial charge < -0.3 is 29.2 Å². The quantitative estimate of drug-likeness (QED) is 0.495. The zero-order valence-electron chi connectivity index (χ0n) is 16.5. The van der Waals surface area contributed by atoms with E-state index in [4.69, 9.17) is 13.9 Å². The van der Waals surface area contributed by atoms with Gasteiger partial charge in [0.1, 0.15) is 36.5 Å². The third-order valence-electron chi connectivity index (χ3n) is 5.35. The first-order valence-electron chi connectivity index (χ1n) is 9.02. The Balaban J connectivity index is 2.07. The van der Waals surface area contributed by atoms with Gasteiger partial charge in [0.15, 0.2) is 8.32 Å². The molecule has 0 spiro atoms. The number of aliphatic hydroxyl groups is 3. The summed E-state index contributed by atoms with van der Waals surface area (Å²) in [6.07, 6.45) is -5.43. The van der Waals surface area contributed by atoms with Crippen LogP contribution >= 0.6 is 0 Å². The number of rotatable bonds is 6. The molecule has 1 aliphatic heterocycles. The highest BCUT2D eigenvalue weighted by atomic mass is 28.4. The minimum Gasteiger partial charge on any atom is -0.462 e. The highest BCUT2D eigenvalue weighted by molar-refractivity contribution is 6.74. The maximum atomic E-state index is 10.7. The lowest BCUT2D eigenvalue weighted by Gasteiger charge is -2.42. The van der Waals surface area contributed by atoms with Crippen molar-refractivity contribution < 1.29 is 34.0 Å². The second-order valence-electron chi connectivity index (χ2n) is 8.39. The Morgan fingerprint density at radius 1 is 1.07 bits per heavy atom. The average Bonchev–Trinajstić information content (AvgIpc) is 2.60. The van der Waals surface area contributed by atoms with Gasteiger partial charge in [0.05, 0.1) is 6.61 Å². The van der Waals surface area contributed by atoms with E-state index < -0.39 is 39.0 Å². The van der Waals surface area contributed by atoms with E-state index in [2.05, 4.69) is 33.9 Å². The largest absolute Gasteiger partial charge is 0.462 e. The van der Waals surface area contributed by atoms with E-state index in [0.717, 1.165) is 0 Å². The number of benzene rings is 1. The molecule has 0 aliphatic carbocycles. The van der Waals surface area contributed by atoms with E-state index in [1.165, 1.54) is 0 Å². The molecule has 1 saturated heterocycles. The average molecular weight is 399 g/mol. The third kappa shape index (κ3) is 5.16. The Bertz CT molecular complexity index is 626. The van der Waals surface area contributed by atoms with Crippen molar-refractivity contribution in [3.05, 3.63) is 29.8 Å². The molecule has 1 aromatic rings. The van der Waals surface area contributed by atoms with Gasteiger partial charge in [-0.2, -0.15) is 0 Å². The Morgan fingerprint density at radius 2 is 1.67 bits per heavy atom. The monoisotopic (exact) mass is 398 g/mol. The smallest absolute Gasteiger partial charge is 0.229 e. The molecule has 8 heteroatoms. The molecular weight excluding hydrogens is 368 g/mol. The minimum atomic E-state index is -2.07. The molecule has 0 radical (unpaired) electrons. The summed E-state index contributed by atoms with van der Waals surface area (Å²) in [5.74, 6) is 0.373. The fourth-order valence-electron chi connectivity index (χ4n) is 2.42. The number of carbonyl (C=O) groups excluding carboxylic acids is 1. The fraction of sp³-hybridized carbons (Fsp3) is 0.632.